The Kier molecular flexibility index (Phi) is 9.06. The minimum absolute atomic E-state index is 0.229. The van der Waals surface area contributed by atoms with Gasteiger partial charge >= 0.3 is 0 Å². The highest BCUT2D eigenvalue weighted by molar-refractivity contribution is 4.40. The van der Waals surface area contributed by atoms with Gasteiger partial charge in [-0.15, -0.1) is 0 Å². The molecule has 0 aromatic heterocycles. The normalized spacial score (nSPS) is 12.0. The zero-order valence-electron chi connectivity index (χ0n) is 10.7. The maximum atomic E-state index is 8.83. The first kappa shape index (κ1) is 14.9. The summed E-state index contributed by atoms with van der Waals surface area (Å²) < 4.78 is 6.33. The van der Waals surface area contributed by atoms with Gasteiger partial charge < -0.3 is 14.3 Å². The smallest absolute Gasteiger partial charge is 0.182 e. The van der Waals surface area contributed by atoms with Crippen molar-refractivity contribution in [1.29, 1.82) is 0 Å². The van der Waals surface area contributed by atoms with E-state index in [-0.39, 0.29) is 6.61 Å². The molecule has 1 N–H and O–H groups in total. The lowest BCUT2D eigenvalue weighted by Gasteiger charge is -2.28. The van der Waals surface area contributed by atoms with Crippen molar-refractivity contribution in [3.63, 3.8) is 0 Å². The summed E-state index contributed by atoms with van der Waals surface area (Å²) in [6, 6.07) is 0. The van der Waals surface area contributed by atoms with E-state index in [0.717, 1.165) is 17.6 Å². The Balaban J connectivity index is 3.22. The fourth-order valence-electron chi connectivity index (χ4n) is 1.45. The maximum absolute atomic E-state index is 8.83. The van der Waals surface area contributed by atoms with Crippen LogP contribution in [0, 0.1) is 0 Å². The topological polar surface area (TPSA) is 29.5 Å². The summed E-state index contributed by atoms with van der Waals surface area (Å²) >= 11 is 0. The zero-order valence-corrected chi connectivity index (χ0v) is 10.7. The second-order valence-corrected chi connectivity index (χ2v) is 4.83. The molecule has 0 saturated heterocycles. The molecule has 0 aliphatic heterocycles. The Bertz CT molecular complexity index is 138. The van der Waals surface area contributed by atoms with E-state index in [1.54, 1.807) is 0 Å². The number of unbranched alkanes of at least 4 members (excludes halogenated alkanes) is 4. The Hall–Kier alpha value is -0.120. The molecule has 0 spiro atoms. The van der Waals surface area contributed by atoms with Crippen LogP contribution in [0.5, 0.6) is 0 Å². The van der Waals surface area contributed by atoms with E-state index >= 15 is 0 Å². The van der Waals surface area contributed by atoms with Crippen molar-refractivity contribution < 1.29 is 14.3 Å². The van der Waals surface area contributed by atoms with E-state index < -0.39 is 0 Å². The number of quaternary nitrogens is 1. The second-order valence-electron chi connectivity index (χ2n) is 4.83. The summed E-state index contributed by atoms with van der Waals surface area (Å²) in [6.45, 7) is 4.78. The van der Waals surface area contributed by atoms with Gasteiger partial charge in [-0.25, -0.2) is 0 Å². The van der Waals surface area contributed by atoms with Crippen LogP contribution in [0.25, 0.3) is 0 Å². The summed E-state index contributed by atoms with van der Waals surface area (Å²) in [5, 5.41) is 8.83. The summed E-state index contributed by atoms with van der Waals surface area (Å²) in [6.07, 6.45) is 6.41. The average molecular weight is 218 g/mol. The molecule has 0 aromatic carbocycles. The SMILES string of the molecule is CCCCCCCOC[N+](C)(C)CCO. The number of ether oxygens (including phenoxy) is 1. The highest BCUT2D eigenvalue weighted by atomic mass is 16.5. The second kappa shape index (κ2) is 9.13. The standard InChI is InChI=1S/C12H28NO2/c1-4-5-6-7-8-11-15-12-13(2,3)9-10-14/h14H,4-12H2,1-3H3/q+1. The van der Waals surface area contributed by atoms with Crippen LogP contribution in [-0.2, 0) is 4.74 Å². The van der Waals surface area contributed by atoms with Crippen LogP contribution in [-0.4, -0.2) is 50.2 Å². The van der Waals surface area contributed by atoms with Crippen LogP contribution in [0.1, 0.15) is 39.0 Å². The molecule has 0 aromatic rings. The van der Waals surface area contributed by atoms with Gasteiger partial charge in [-0.05, 0) is 6.42 Å². The van der Waals surface area contributed by atoms with Crippen molar-refractivity contribution in [3.8, 4) is 0 Å². The van der Waals surface area contributed by atoms with Crippen molar-refractivity contribution in [3.05, 3.63) is 0 Å². The van der Waals surface area contributed by atoms with Gasteiger partial charge in [-0.1, -0.05) is 32.6 Å². The minimum atomic E-state index is 0.229. The Morgan fingerprint density at radius 1 is 1.07 bits per heavy atom. The molecule has 0 unspecified atom stereocenters. The molecule has 92 valence electrons. The predicted molar refractivity (Wildman–Crippen MR) is 63.6 cm³/mol. The third-order valence-electron chi connectivity index (χ3n) is 2.54. The van der Waals surface area contributed by atoms with E-state index in [2.05, 4.69) is 21.0 Å². The summed E-state index contributed by atoms with van der Waals surface area (Å²) in [5.41, 5.74) is 0. The highest BCUT2D eigenvalue weighted by Gasteiger charge is 2.13. The molecule has 0 heterocycles. The van der Waals surface area contributed by atoms with Gasteiger partial charge in [0.15, 0.2) is 6.73 Å². The molecule has 0 aliphatic carbocycles. The number of nitrogens with zero attached hydrogens (tertiary/aromatic N) is 1. The lowest BCUT2D eigenvalue weighted by molar-refractivity contribution is -0.910. The van der Waals surface area contributed by atoms with Gasteiger partial charge in [0, 0.05) is 0 Å². The highest BCUT2D eigenvalue weighted by Crippen LogP contribution is 2.03. The van der Waals surface area contributed by atoms with E-state index in [4.69, 9.17) is 9.84 Å². The number of rotatable bonds is 10. The largest absolute Gasteiger partial charge is 0.391 e. The third kappa shape index (κ3) is 10.2. The predicted octanol–water partition coefficient (Wildman–Crippen LogP) is 2.00. The molecule has 15 heavy (non-hydrogen) atoms. The average Bonchev–Trinajstić information content (AvgIpc) is 2.16. The summed E-state index contributed by atoms with van der Waals surface area (Å²) in [4.78, 5) is 0. The number of likely N-dealkylation sites (N-methyl/N-ethyl adjacent to an activating group) is 1. The molecule has 0 aliphatic rings. The zero-order chi connectivity index (χ0) is 11.6. The van der Waals surface area contributed by atoms with E-state index in [1.165, 1.54) is 32.1 Å². The summed E-state index contributed by atoms with van der Waals surface area (Å²) in [7, 11) is 4.15. The fourth-order valence-corrected chi connectivity index (χ4v) is 1.45. The Morgan fingerprint density at radius 3 is 2.33 bits per heavy atom. The van der Waals surface area contributed by atoms with Gasteiger partial charge in [-0.2, -0.15) is 0 Å². The van der Waals surface area contributed by atoms with Gasteiger partial charge in [0.25, 0.3) is 0 Å². The molecule has 0 fully saturated rings. The first-order chi connectivity index (χ1) is 7.12. The first-order valence-electron chi connectivity index (χ1n) is 6.13. The Morgan fingerprint density at radius 2 is 1.73 bits per heavy atom. The van der Waals surface area contributed by atoms with Gasteiger partial charge in [0.1, 0.15) is 6.54 Å². The van der Waals surface area contributed by atoms with Crippen LogP contribution < -0.4 is 0 Å². The molecular formula is C12H28NO2+. The van der Waals surface area contributed by atoms with Crippen molar-refractivity contribution in [2.75, 3.05) is 40.6 Å². The first-order valence-corrected chi connectivity index (χ1v) is 6.13. The molecule has 0 bridgehead atoms. The summed E-state index contributed by atoms with van der Waals surface area (Å²) in [5.74, 6) is 0. The van der Waals surface area contributed by atoms with Crippen LogP contribution in [0.4, 0.5) is 0 Å². The van der Waals surface area contributed by atoms with Crippen LogP contribution in [0.15, 0.2) is 0 Å². The van der Waals surface area contributed by atoms with E-state index in [1.807, 2.05) is 0 Å². The molecular weight excluding hydrogens is 190 g/mol. The van der Waals surface area contributed by atoms with Crippen molar-refractivity contribution in [1.82, 2.24) is 0 Å². The van der Waals surface area contributed by atoms with Crippen molar-refractivity contribution >= 4 is 0 Å². The van der Waals surface area contributed by atoms with E-state index in [9.17, 15) is 0 Å². The van der Waals surface area contributed by atoms with E-state index in [0.29, 0.717) is 6.73 Å². The number of aliphatic hydroxyl groups excluding tert-OH is 1. The van der Waals surface area contributed by atoms with Crippen LogP contribution in [0.2, 0.25) is 0 Å². The monoisotopic (exact) mass is 218 g/mol. The van der Waals surface area contributed by atoms with Gasteiger partial charge in [0.05, 0.1) is 27.3 Å². The quantitative estimate of drug-likeness (QED) is 0.345. The lowest BCUT2D eigenvalue weighted by Crippen LogP contribution is -2.43. The maximum Gasteiger partial charge on any atom is 0.182 e. The van der Waals surface area contributed by atoms with Crippen molar-refractivity contribution in [2.45, 2.75) is 39.0 Å². The number of hydrogen-bond acceptors (Lipinski definition) is 2. The molecule has 0 saturated carbocycles. The number of hydrogen-bond donors (Lipinski definition) is 1. The fraction of sp³-hybridized carbons (Fsp3) is 1.00. The van der Waals surface area contributed by atoms with Crippen molar-refractivity contribution in [2.24, 2.45) is 0 Å². The molecule has 0 rings (SSSR count). The minimum Gasteiger partial charge on any atom is -0.391 e. The molecule has 0 radical (unpaired) electrons. The lowest BCUT2D eigenvalue weighted by atomic mass is 10.2. The molecule has 0 atom stereocenters. The molecule has 0 amide bonds. The van der Waals surface area contributed by atoms with Gasteiger partial charge in [0.2, 0.25) is 0 Å². The van der Waals surface area contributed by atoms with Crippen LogP contribution >= 0.6 is 0 Å². The van der Waals surface area contributed by atoms with Crippen LogP contribution in [0.3, 0.4) is 0 Å². The third-order valence-corrected chi connectivity index (χ3v) is 2.54. The molecule has 3 heteroatoms. The van der Waals surface area contributed by atoms with Gasteiger partial charge in [-0.3, -0.25) is 0 Å². The number of aliphatic hydroxyl groups is 1. The molecule has 3 nitrogen and oxygen atoms in total. The Labute approximate surface area is 94.6 Å².